The molecule has 6 heteroatoms. The number of halogens is 3. The molecule has 0 saturated heterocycles. The maximum absolute atomic E-state index is 12.1. The second-order valence-corrected chi connectivity index (χ2v) is 9.50. The Labute approximate surface area is 102 Å². The lowest BCUT2D eigenvalue weighted by molar-refractivity contribution is -0.138. The van der Waals surface area contributed by atoms with E-state index in [0.29, 0.717) is 18.8 Å². The van der Waals surface area contributed by atoms with E-state index < -0.39 is 20.9 Å². The summed E-state index contributed by atoms with van der Waals surface area (Å²) in [6.07, 6.45) is -4.04. The second kappa shape index (κ2) is 6.42. The average molecular weight is 270 g/mol. The summed E-state index contributed by atoms with van der Waals surface area (Å²) in [6.45, 7) is 7.26. The first kappa shape index (κ1) is 16.5. The number of hydrogen-bond donors (Lipinski definition) is 0. The summed E-state index contributed by atoms with van der Waals surface area (Å²) < 4.78 is 41.4. The van der Waals surface area contributed by atoms with Crippen molar-refractivity contribution in [3.8, 4) is 0 Å². The summed E-state index contributed by atoms with van der Waals surface area (Å²) in [5.41, 5.74) is 0. The third-order valence-corrected chi connectivity index (χ3v) is 4.56. The van der Waals surface area contributed by atoms with Gasteiger partial charge in [-0.3, -0.25) is 4.79 Å². The van der Waals surface area contributed by atoms with E-state index in [9.17, 15) is 18.0 Å². The molecule has 0 aliphatic rings. The summed E-state index contributed by atoms with van der Waals surface area (Å²) in [5.74, 6) is 0.0278. The molecule has 0 saturated carbocycles. The Morgan fingerprint density at radius 1 is 1.29 bits per heavy atom. The molecule has 0 N–H and O–H groups in total. The molecule has 0 heterocycles. The zero-order chi connectivity index (χ0) is 13.7. The van der Waals surface area contributed by atoms with E-state index in [4.69, 9.17) is 4.43 Å². The molecule has 0 aromatic heterocycles. The fourth-order valence-electron chi connectivity index (χ4n) is 1.26. The van der Waals surface area contributed by atoms with E-state index in [2.05, 4.69) is 0 Å². The van der Waals surface area contributed by atoms with Crippen LogP contribution in [-0.2, 0) is 9.22 Å². The van der Waals surface area contributed by atoms with Crippen molar-refractivity contribution in [1.82, 2.24) is 0 Å². The van der Waals surface area contributed by atoms with Crippen molar-refractivity contribution in [2.75, 3.05) is 0 Å². The molecule has 0 atom stereocenters. The van der Waals surface area contributed by atoms with Crippen molar-refractivity contribution >= 4 is 14.3 Å². The van der Waals surface area contributed by atoms with Crippen molar-refractivity contribution in [2.24, 2.45) is 5.92 Å². The molecule has 2 nitrogen and oxygen atoms in total. The van der Waals surface area contributed by atoms with Crippen LogP contribution in [-0.4, -0.2) is 20.5 Å². The highest BCUT2D eigenvalue weighted by Crippen LogP contribution is 2.26. The first-order chi connectivity index (χ1) is 7.52. The van der Waals surface area contributed by atoms with Crippen LogP contribution in [0.4, 0.5) is 13.2 Å². The van der Waals surface area contributed by atoms with E-state index in [-0.39, 0.29) is 12.0 Å². The maximum atomic E-state index is 12.1. The maximum Gasteiger partial charge on any atom is 0.388 e. The molecular formula is C11H21F3O2Si. The highest BCUT2D eigenvalue weighted by molar-refractivity contribution is 6.72. The van der Waals surface area contributed by atoms with E-state index in [1.165, 1.54) is 0 Å². The molecule has 0 fully saturated rings. The van der Waals surface area contributed by atoms with Crippen molar-refractivity contribution in [2.45, 2.75) is 58.4 Å². The largest absolute Gasteiger partial charge is 0.520 e. The molecule has 0 amide bonds. The smallest absolute Gasteiger partial charge is 0.388 e. The zero-order valence-electron chi connectivity index (χ0n) is 10.9. The highest BCUT2D eigenvalue weighted by Gasteiger charge is 2.34. The summed E-state index contributed by atoms with van der Waals surface area (Å²) in [4.78, 5) is 11.4. The summed E-state index contributed by atoms with van der Waals surface area (Å²) in [7, 11) is -2.52. The lowest BCUT2D eigenvalue weighted by atomic mass is 10.1. The first-order valence-corrected chi connectivity index (χ1v) is 8.92. The van der Waals surface area contributed by atoms with Gasteiger partial charge >= 0.3 is 6.18 Å². The van der Waals surface area contributed by atoms with Crippen LogP contribution in [0.2, 0.25) is 19.1 Å². The van der Waals surface area contributed by atoms with Gasteiger partial charge in [-0.1, -0.05) is 13.8 Å². The van der Waals surface area contributed by atoms with Crippen LogP contribution in [0.25, 0.3) is 0 Å². The van der Waals surface area contributed by atoms with Crippen LogP contribution in [0.1, 0.15) is 33.1 Å². The zero-order valence-corrected chi connectivity index (χ0v) is 11.9. The topological polar surface area (TPSA) is 26.3 Å². The Hall–Kier alpha value is -0.523. The van der Waals surface area contributed by atoms with Gasteiger partial charge in [-0.05, 0) is 31.5 Å². The fourth-order valence-corrected chi connectivity index (χ4v) is 2.97. The van der Waals surface area contributed by atoms with Gasteiger partial charge in [0.15, 0.2) is 0 Å². The predicted octanol–water partition coefficient (Wildman–Crippen LogP) is 4.12. The molecule has 0 aromatic carbocycles. The molecule has 102 valence electrons. The summed E-state index contributed by atoms with van der Waals surface area (Å²) >= 11 is 0. The van der Waals surface area contributed by atoms with Crippen LogP contribution in [0.5, 0.6) is 0 Å². The van der Waals surface area contributed by atoms with Crippen LogP contribution in [0.15, 0.2) is 0 Å². The molecule has 17 heavy (non-hydrogen) atoms. The number of carbonyl (C=O) groups is 1. The third-order valence-electron chi connectivity index (χ3n) is 2.33. The Morgan fingerprint density at radius 3 is 2.24 bits per heavy atom. The Morgan fingerprint density at radius 2 is 1.82 bits per heavy atom. The minimum absolute atomic E-state index is 0.0656. The van der Waals surface area contributed by atoms with Crippen LogP contribution in [0, 0.1) is 5.92 Å². The molecule has 0 aromatic rings. The quantitative estimate of drug-likeness (QED) is 0.678. The predicted molar refractivity (Wildman–Crippen MR) is 63.1 cm³/mol. The van der Waals surface area contributed by atoms with Gasteiger partial charge in [0, 0.05) is 12.8 Å². The highest BCUT2D eigenvalue weighted by atomic mass is 28.4. The molecule has 0 spiro atoms. The summed E-state index contributed by atoms with van der Waals surface area (Å²) in [5, 5.41) is 0. The van der Waals surface area contributed by atoms with E-state index in [1.54, 1.807) is 13.1 Å². The van der Waals surface area contributed by atoms with Gasteiger partial charge in [-0.15, -0.1) is 0 Å². The van der Waals surface area contributed by atoms with Gasteiger partial charge in [0.05, 0.1) is 0 Å². The second-order valence-electron chi connectivity index (χ2n) is 5.28. The number of hydrogen-bond acceptors (Lipinski definition) is 2. The van der Waals surface area contributed by atoms with Crippen molar-refractivity contribution < 1.29 is 22.4 Å². The van der Waals surface area contributed by atoms with E-state index >= 15 is 0 Å². The van der Waals surface area contributed by atoms with Crippen molar-refractivity contribution in [1.29, 1.82) is 0 Å². The van der Waals surface area contributed by atoms with Gasteiger partial charge in [0.25, 0.3) is 5.97 Å². The van der Waals surface area contributed by atoms with E-state index in [1.807, 2.05) is 13.8 Å². The standard InChI is InChI=1S/C11H21F3O2Si/c1-9(2)5-6-10(15)16-17(3,4)8-7-11(12,13)14/h9H,5-8H2,1-4H3. The molecule has 0 aliphatic heterocycles. The molecule has 0 rings (SSSR count). The normalized spacial score (nSPS) is 12.9. The summed E-state index contributed by atoms with van der Waals surface area (Å²) in [6, 6.07) is -0.0656. The Balaban J connectivity index is 4.03. The van der Waals surface area contributed by atoms with Crippen LogP contribution >= 0.6 is 0 Å². The third kappa shape index (κ3) is 10.4. The number of rotatable bonds is 6. The average Bonchev–Trinajstić information content (AvgIpc) is 2.10. The van der Waals surface area contributed by atoms with Crippen LogP contribution < -0.4 is 0 Å². The molecule has 0 unspecified atom stereocenters. The van der Waals surface area contributed by atoms with Crippen molar-refractivity contribution in [3.63, 3.8) is 0 Å². The molecule has 0 bridgehead atoms. The van der Waals surface area contributed by atoms with Crippen LogP contribution in [0.3, 0.4) is 0 Å². The fraction of sp³-hybridized carbons (Fsp3) is 0.909. The SMILES string of the molecule is CC(C)CCC(=O)O[Si](C)(C)CCC(F)(F)F. The number of carbonyl (C=O) groups excluding carboxylic acids is 1. The minimum atomic E-state index is -4.17. The minimum Gasteiger partial charge on any atom is -0.520 e. The first-order valence-electron chi connectivity index (χ1n) is 5.80. The number of alkyl halides is 3. The van der Waals surface area contributed by atoms with Gasteiger partial charge < -0.3 is 4.43 Å². The van der Waals surface area contributed by atoms with Gasteiger partial charge in [0.2, 0.25) is 8.32 Å². The van der Waals surface area contributed by atoms with E-state index in [0.717, 1.165) is 0 Å². The lowest BCUT2D eigenvalue weighted by Gasteiger charge is -2.23. The van der Waals surface area contributed by atoms with Gasteiger partial charge in [-0.25, -0.2) is 0 Å². The Kier molecular flexibility index (Phi) is 6.22. The van der Waals surface area contributed by atoms with Crippen molar-refractivity contribution in [3.05, 3.63) is 0 Å². The Bertz CT molecular complexity index is 250. The molecule has 0 radical (unpaired) electrons. The molecule has 0 aliphatic carbocycles. The lowest BCUT2D eigenvalue weighted by Crippen LogP contribution is -2.34. The van der Waals surface area contributed by atoms with Gasteiger partial charge in [-0.2, -0.15) is 13.2 Å². The molecular weight excluding hydrogens is 249 g/mol. The van der Waals surface area contributed by atoms with Gasteiger partial charge in [0.1, 0.15) is 0 Å². The monoisotopic (exact) mass is 270 g/mol.